The molecule has 1 aliphatic heterocycles. The largest absolute Gasteiger partial charge is 0.486 e. The van der Waals surface area contributed by atoms with Crippen LogP contribution in [0.15, 0.2) is 52.9 Å². The minimum Gasteiger partial charge on any atom is -0.486 e. The molecule has 0 bridgehead atoms. The number of aromatic nitrogens is 2. The van der Waals surface area contributed by atoms with E-state index >= 15 is 0 Å². The van der Waals surface area contributed by atoms with E-state index in [4.69, 9.17) is 9.47 Å². The quantitative estimate of drug-likeness (QED) is 0.459. The second-order valence-corrected chi connectivity index (χ2v) is 9.40. The summed E-state index contributed by atoms with van der Waals surface area (Å²) in [5.41, 5.74) is 0.478. The summed E-state index contributed by atoms with van der Waals surface area (Å²) in [5.74, 6) is 1.07. The number of carbonyl (C=O) groups excluding carboxylic acids is 1. The van der Waals surface area contributed by atoms with Gasteiger partial charge in [-0.05, 0) is 42.6 Å². The first-order valence-corrected chi connectivity index (χ1v) is 11.5. The molecule has 9 heteroatoms. The summed E-state index contributed by atoms with van der Waals surface area (Å²) >= 11 is 3.05. The summed E-state index contributed by atoms with van der Waals surface area (Å²) in [6.07, 6.45) is 1.44. The number of hydrogen-bond acceptors (Lipinski definition) is 7. The molecule has 0 N–H and O–H groups in total. The van der Waals surface area contributed by atoms with Gasteiger partial charge in [-0.1, -0.05) is 0 Å². The normalized spacial score (nSPS) is 12.8. The standard InChI is InChI=1S/C22H19N3O4S2/c1-14-2-4-16(31-14)11-25(15-3-5-18-19(10-15)29-8-7-28-18)20(26)12-24-13-23-21-17(22(24)27)6-9-30-21/h2-6,9-10,13H,7-8,11-12H2,1H3. The van der Waals surface area contributed by atoms with Gasteiger partial charge in [0, 0.05) is 21.5 Å². The highest BCUT2D eigenvalue weighted by Crippen LogP contribution is 2.35. The minimum atomic E-state index is -0.214. The van der Waals surface area contributed by atoms with Gasteiger partial charge in [0.1, 0.15) is 24.6 Å². The predicted octanol–water partition coefficient (Wildman–Crippen LogP) is 3.83. The molecule has 0 atom stereocenters. The SMILES string of the molecule is Cc1ccc(CN(C(=O)Cn2cnc3sccc3c2=O)c2ccc3c(c2)OCCO3)s1. The fourth-order valence-electron chi connectivity index (χ4n) is 3.49. The van der Waals surface area contributed by atoms with Crippen LogP contribution in [0.4, 0.5) is 5.69 Å². The van der Waals surface area contributed by atoms with Crippen molar-refractivity contribution in [1.82, 2.24) is 9.55 Å². The van der Waals surface area contributed by atoms with Crippen LogP contribution in [0, 0.1) is 6.92 Å². The Morgan fingerprint density at radius 1 is 1.16 bits per heavy atom. The van der Waals surface area contributed by atoms with E-state index in [1.165, 1.54) is 27.1 Å². The Bertz CT molecular complexity index is 1320. The third-order valence-corrected chi connectivity index (χ3v) is 6.81. The maximum Gasteiger partial charge on any atom is 0.262 e. The molecule has 5 rings (SSSR count). The Morgan fingerprint density at radius 3 is 2.81 bits per heavy atom. The Balaban J connectivity index is 1.49. The lowest BCUT2D eigenvalue weighted by Gasteiger charge is -2.25. The molecule has 4 heterocycles. The highest BCUT2D eigenvalue weighted by Gasteiger charge is 2.21. The third kappa shape index (κ3) is 3.94. The van der Waals surface area contributed by atoms with Gasteiger partial charge in [-0.2, -0.15) is 0 Å². The lowest BCUT2D eigenvalue weighted by molar-refractivity contribution is -0.119. The summed E-state index contributed by atoms with van der Waals surface area (Å²) in [6.45, 7) is 3.31. The van der Waals surface area contributed by atoms with E-state index in [2.05, 4.69) is 4.98 Å². The van der Waals surface area contributed by atoms with Gasteiger partial charge < -0.3 is 14.4 Å². The van der Waals surface area contributed by atoms with E-state index in [-0.39, 0.29) is 18.0 Å². The Kier molecular flexibility index (Phi) is 5.21. The lowest BCUT2D eigenvalue weighted by atomic mass is 10.2. The maximum atomic E-state index is 13.4. The number of nitrogens with zero attached hydrogens (tertiary/aromatic N) is 3. The number of carbonyl (C=O) groups is 1. The molecule has 0 fully saturated rings. The first-order valence-electron chi connectivity index (χ1n) is 9.76. The van der Waals surface area contributed by atoms with Gasteiger partial charge >= 0.3 is 0 Å². The number of ether oxygens (including phenoxy) is 2. The highest BCUT2D eigenvalue weighted by atomic mass is 32.1. The highest BCUT2D eigenvalue weighted by molar-refractivity contribution is 7.16. The molecule has 7 nitrogen and oxygen atoms in total. The van der Waals surface area contributed by atoms with E-state index in [1.54, 1.807) is 22.3 Å². The number of benzene rings is 1. The van der Waals surface area contributed by atoms with Crippen LogP contribution in [-0.4, -0.2) is 28.7 Å². The molecule has 0 aliphatic carbocycles. The number of rotatable bonds is 5. The van der Waals surface area contributed by atoms with Gasteiger partial charge in [0.15, 0.2) is 11.5 Å². The van der Waals surface area contributed by atoms with Gasteiger partial charge in [-0.15, -0.1) is 22.7 Å². The fourth-order valence-corrected chi connectivity index (χ4v) is 5.09. The van der Waals surface area contributed by atoms with Crippen LogP contribution in [0.1, 0.15) is 9.75 Å². The van der Waals surface area contributed by atoms with E-state index in [0.717, 1.165) is 4.88 Å². The monoisotopic (exact) mass is 453 g/mol. The summed E-state index contributed by atoms with van der Waals surface area (Å²) in [4.78, 5) is 35.0. The van der Waals surface area contributed by atoms with Crippen LogP contribution in [-0.2, 0) is 17.9 Å². The molecule has 31 heavy (non-hydrogen) atoms. The molecule has 158 valence electrons. The Morgan fingerprint density at radius 2 is 2.00 bits per heavy atom. The molecule has 4 aromatic rings. The topological polar surface area (TPSA) is 73.7 Å². The van der Waals surface area contributed by atoms with Gasteiger partial charge in [-0.25, -0.2) is 4.98 Å². The van der Waals surface area contributed by atoms with Gasteiger partial charge in [0.05, 0.1) is 18.3 Å². The molecular weight excluding hydrogens is 434 g/mol. The molecule has 3 aromatic heterocycles. The van der Waals surface area contributed by atoms with Gasteiger partial charge in [0.25, 0.3) is 5.56 Å². The number of anilines is 1. The molecule has 0 unspecified atom stereocenters. The predicted molar refractivity (Wildman–Crippen MR) is 122 cm³/mol. The maximum absolute atomic E-state index is 13.4. The van der Waals surface area contributed by atoms with Crippen LogP contribution in [0.25, 0.3) is 10.2 Å². The van der Waals surface area contributed by atoms with Crippen LogP contribution in [0.2, 0.25) is 0 Å². The third-order valence-electron chi connectivity index (χ3n) is 5.00. The second kappa shape index (κ2) is 8.16. The number of amides is 1. The summed E-state index contributed by atoms with van der Waals surface area (Å²) in [6, 6.07) is 11.3. The van der Waals surface area contributed by atoms with E-state index in [1.807, 2.05) is 42.6 Å². The number of hydrogen-bond donors (Lipinski definition) is 0. The van der Waals surface area contributed by atoms with Gasteiger partial charge in [0.2, 0.25) is 5.91 Å². The van der Waals surface area contributed by atoms with E-state index < -0.39 is 0 Å². The smallest absolute Gasteiger partial charge is 0.262 e. The van der Waals surface area contributed by atoms with Crippen molar-refractivity contribution in [3.05, 3.63) is 68.2 Å². The second-order valence-electron chi connectivity index (χ2n) is 7.14. The summed E-state index contributed by atoms with van der Waals surface area (Å²) in [5, 5.41) is 2.35. The first kappa shape index (κ1) is 19.8. The van der Waals surface area contributed by atoms with Crippen LogP contribution in [0.5, 0.6) is 11.5 Å². The summed E-state index contributed by atoms with van der Waals surface area (Å²) in [7, 11) is 0. The van der Waals surface area contributed by atoms with Crippen molar-refractivity contribution in [3.63, 3.8) is 0 Å². The van der Waals surface area contributed by atoms with E-state index in [9.17, 15) is 9.59 Å². The zero-order valence-electron chi connectivity index (χ0n) is 16.7. The lowest BCUT2D eigenvalue weighted by Crippen LogP contribution is -2.36. The molecule has 0 spiro atoms. The summed E-state index contributed by atoms with van der Waals surface area (Å²) < 4.78 is 12.7. The average molecular weight is 454 g/mol. The molecular formula is C22H19N3O4S2. The molecule has 0 saturated carbocycles. The molecule has 0 radical (unpaired) electrons. The number of fused-ring (bicyclic) bond motifs is 2. The molecule has 1 aliphatic rings. The molecule has 1 amide bonds. The Labute approximate surface area is 186 Å². The van der Waals surface area contributed by atoms with Crippen LogP contribution < -0.4 is 19.9 Å². The first-order chi connectivity index (χ1) is 15.1. The fraction of sp³-hybridized carbons (Fsp3) is 0.227. The van der Waals surface area contributed by atoms with Crippen molar-refractivity contribution in [2.45, 2.75) is 20.0 Å². The average Bonchev–Trinajstić information content (AvgIpc) is 3.42. The van der Waals surface area contributed by atoms with Crippen molar-refractivity contribution < 1.29 is 14.3 Å². The van der Waals surface area contributed by atoms with E-state index in [0.29, 0.717) is 47.2 Å². The van der Waals surface area contributed by atoms with Gasteiger partial charge in [-0.3, -0.25) is 14.2 Å². The van der Waals surface area contributed by atoms with Crippen molar-refractivity contribution in [1.29, 1.82) is 0 Å². The molecule has 0 saturated heterocycles. The van der Waals surface area contributed by atoms with Crippen LogP contribution in [0.3, 0.4) is 0 Å². The van der Waals surface area contributed by atoms with Crippen molar-refractivity contribution in [3.8, 4) is 11.5 Å². The van der Waals surface area contributed by atoms with Crippen molar-refractivity contribution in [2.75, 3.05) is 18.1 Å². The van der Waals surface area contributed by atoms with Crippen molar-refractivity contribution >= 4 is 44.5 Å². The molecule has 1 aromatic carbocycles. The zero-order chi connectivity index (χ0) is 21.4. The van der Waals surface area contributed by atoms with Crippen molar-refractivity contribution in [2.24, 2.45) is 0 Å². The van der Waals surface area contributed by atoms with Crippen LogP contribution >= 0.6 is 22.7 Å². The Hall–Kier alpha value is -3.17. The number of aryl methyl sites for hydroxylation is 1. The number of thiophene rings is 2. The minimum absolute atomic E-state index is 0.101. The zero-order valence-corrected chi connectivity index (χ0v) is 18.4.